The van der Waals surface area contributed by atoms with E-state index in [1.165, 1.54) is 4.31 Å². The number of benzene rings is 2. The number of amides is 1. The topological polar surface area (TPSA) is 66.5 Å². The van der Waals surface area contributed by atoms with Crippen LogP contribution in [0.5, 0.6) is 0 Å². The van der Waals surface area contributed by atoms with Crippen molar-refractivity contribution in [2.75, 3.05) is 23.1 Å². The van der Waals surface area contributed by atoms with E-state index in [1.807, 2.05) is 24.3 Å². The molecule has 1 heterocycles. The molecule has 0 bridgehead atoms. The van der Waals surface area contributed by atoms with Gasteiger partial charge in [-0.3, -0.25) is 9.10 Å². The molecule has 0 aromatic heterocycles. The largest absolute Gasteiger partial charge is 0.351 e. The van der Waals surface area contributed by atoms with Crippen LogP contribution < -0.4 is 9.62 Å². The Morgan fingerprint density at radius 1 is 1.12 bits per heavy atom. The second kappa shape index (κ2) is 6.83. The Kier molecular flexibility index (Phi) is 4.78. The average Bonchev–Trinajstić information content (AvgIpc) is 3.00. The predicted molar refractivity (Wildman–Crippen MR) is 95.1 cm³/mol. The summed E-state index contributed by atoms with van der Waals surface area (Å²) >= 11 is 5.96. The molecular weight excluding hydrogens is 348 g/mol. The number of nitrogens with zero attached hydrogens (tertiary/aromatic N) is 1. The number of hydrogen-bond acceptors (Lipinski definition) is 3. The van der Waals surface area contributed by atoms with Crippen LogP contribution in [0.15, 0.2) is 48.5 Å². The minimum atomic E-state index is -3.48. The number of rotatable bonds is 5. The minimum Gasteiger partial charge on any atom is -0.351 e. The number of anilines is 1. The molecule has 1 aliphatic rings. The van der Waals surface area contributed by atoms with E-state index in [2.05, 4.69) is 5.32 Å². The molecule has 0 atom stereocenters. The van der Waals surface area contributed by atoms with Crippen LogP contribution >= 0.6 is 11.6 Å². The van der Waals surface area contributed by atoms with Crippen LogP contribution in [-0.2, 0) is 16.4 Å². The molecule has 0 aliphatic carbocycles. The van der Waals surface area contributed by atoms with Gasteiger partial charge in [-0.25, -0.2) is 8.42 Å². The summed E-state index contributed by atoms with van der Waals surface area (Å²) in [6, 6.07) is 14.1. The number of hydrogen-bond donors (Lipinski definition) is 1. The molecular formula is C17H17ClN2O3S. The Bertz CT molecular complexity index is 868. The predicted octanol–water partition coefficient (Wildman–Crippen LogP) is 2.46. The van der Waals surface area contributed by atoms with Crippen LogP contribution in [0.2, 0.25) is 5.02 Å². The molecule has 3 rings (SSSR count). The highest BCUT2D eigenvalue weighted by atomic mass is 35.5. The number of sulfonamides is 1. The molecule has 1 N–H and O–H groups in total. The zero-order valence-electron chi connectivity index (χ0n) is 12.9. The summed E-state index contributed by atoms with van der Waals surface area (Å²) in [6.07, 6.45) is 0.710. The molecule has 0 saturated carbocycles. The molecule has 2 aromatic carbocycles. The molecule has 1 aliphatic heterocycles. The average molecular weight is 365 g/mol. The van der Waals surface area contributed by atoms with Gasteiger partial charge in [0.05, 0.1) is 22.0 Å². The highest BCUT2D eigenvalue weighted by Crippen LogP contribution is 2.29. The van der Waals surface area contributed by atoms with E-state index in [9.17, 15) is 13.2 Å². The van der Waals surface area contributed by atoms with Crippen LogP contribution in [0.25, 0.3) is 0 Å². The van der Waals surface area contributed by atoms with Crippen molar-refractivity contribution < 1.29 is 13.2 Å². The first kappa shape index (κ1) is 16.8. The van der Waals surface area contributed by atoms with Crippen molar-refractivity contribution >= 4 is 33.2 Å². The molecule has 0 unspecified atom stereocenters. The highest BCUT2D eigenvalue weighted by Gasteiger charge is 2.28. The fourth-order valence-electron chi connectivity index (χ4n) is 2.74. The lowest BCUT2D eigenvalue weighted by Crippen LogP contribution is -2.37. The number of nitrogens with one attached hydrogen (secondary N) is 1. The zero-order valence-corrected chi connectivity index (χ0v) is 14.5. The van der Waals surface area contributed by atoms with E-state index in [-0.39, 0.29) is 18.2 Å². The Morgan fingerprint density at radius 2 is 1.83 bits per heavy atom. The van der Waals surface area contributed by atoms with Gasteiger partial charge in [0, 0.05) is 13.1 Å². The standard InChI is InChI=1S/C17H17ClN2O3S/c18-15-7-3-2-6-14(15)17(21)19-10-12-24(22,23)20-11-9-13-5-1-4-8-16(13)20/h1-8H,9-12H2,(H,19,21). The second-order valence-corrected chi connectivity index (χ2v) is 7.92. The zero-order chi connectivity index (χ0) is 17.2. The van der Waals surface area contributed by atoms with Crippen LogP contribution in [0.1, 0.15) is 15.9 Å². The van der Waals surface area contributed by atoms with Gasteiger partial charge in [0.25, 0.3) is 5.91 Å². The molecule has 5 nitrogen and oxygen atoms in total. The molecule has 0 fully saturated rings. The van der Waals surface area contributed by atoms with Gasteiger partial charge in [0.1, 0.15) is 0 Å². The van der Waals surface area contributed by atoms with E-state index < -0.39 is 10.0 Å². The van der Waals surface area contributed by atoms with Crippen molar-refractivity contribution in [2.24, 2.45) is 0 Å². The summed E-state index contributed by atoms with van der Waals surface area (Å²) in [5.41, 5.74) is 2.10. The van der Waals surface area contributed by atoms with Crippen LogP contribution in [0.3, 0.4) is 0 Å². The smallest absolute Gasteiger partial charge is 0.252 e. The lowest BCUT2D eigenvalue weighted by atomic mass is 10.2. The maximum absolute atomic E-state index is 12.5. The third-order valence-electron chi connectivity index (χ3n) is 3.94. The molecule has 0 radical (unpaired) electrons. The molecule has 7 heteroatoms. The van der Waals surface area contributed by atoms with Gasteiger partial charge in [-0.2, -0.15) is 0 Å². The van der Waals surface area contributed by atoms with Gasteiger partial charge < -0.3 is 5.32 Å². The third kappa shape index (κ3) is 3.39. The van der Waals surface area contributed by atoms with Crippen LogP contribution in [-0.4, -0.2) is 33.2 Å². The summed E-state index contributed by atoms with van der Waals surface area (Å²) in [5.74, 6) is -0.532. The normalized spacial score (nSPS) is 13.6. The molecule has 0 saturated heterocycles. The van der Waals surface area contributed by atoms with Gasteiger partial charge in [-0.1, -0.05) is 41.9 Å². The fourth-order valence-corrected chi connectivity index (χ4v) is 4.39. The van der Waals surface area contributed by atoms with Crippen LogP contribution in [0.4, 0.5) is 5.69 Å². The second-order valence-electron chi connectivity index (χ2n) is 5.50. The van der Waals surface area contributed by atoms with E-state index >= 15 is 0 Å². The van der Waals surface area contributed by atoms with Gasteiger partial charge in [0.2, 0.25) is 10.0 Å². The van der Waals surface area contributed by atoms with Crippen molar-refractivity contribution in [1.82, 2.24) is 5.32 Å². The number of fused-ring (bicyclic) bond motifs is 1. The quantitative estimate of drug-likeness (QED) is 0.886. The molecule has 24 heavy (non-hydrogen) atoms. The third-order valence-corrected chi connectivity index (χ3v) is 6.04. The van der Waals surface area contributed by atoms with Gasteiger partial charge >= 0.3 is 0 Å². The molecule has 2 aromatic rings. The maximum atomic E-state index is 12.5. The van der Waals surface area contributed by atoms with Crippen molar-refractivity contribution in [3.05, 3.63) is 64.7 Å². The van der Waals surface area contributed by atoms with Crippen molar-refractivity contribution in [2.45, 2.75) is 6.42 Å². The van der Waals surface area contributed by atoms with E-state index in [0.29, 0.717) is 23.6 Å². The Morgan fingerprint density at radius 3 is 2.62 bits per heavy atom. The molecule has 1 amide bonds. The summed E-state index contributed by atoms with van der Waals surface area (Å²) in [6.45, 7) is 0.477. The van der Waals surface area contributed by atoms with Gasteiger partial charge in [-0.05, 0) is 30.2 Å². The van der Waals surface area contributed by atoms with Crippen molar-refractivity contribution in [3.63, 3.8) is 0 Å². The minimum absolute atomic E-state index is 0.0328. The number of carbonyl (C=O) groups excluding carboxylic acids is 1. The first-order chi connectivity index (χ1) is 11.5. The number of para-hydroxylation sites is 1. The molecule has 0 spiro atoms. The monoisotopic (exact) mass is 364 g/mol. The lowest BCUT2D eigenvalue weighted by molar-refractivity contribution is 0.0956. The SMILES string of the molecule is O=C(NCCS(=O)(=O)N1CCc2ccccc21)c1ccccc1Cl. The van der Waals surface area contributed by atoms with Gasteiger partial charge in [-0.15, -0.1) is 0 Å². The van der Waals surface area contributed by atoms with E-state index in [1.54, 1.807) is 24.3 Å². The van der Waals surface area contributed by atoms with Crippen LogP contribution in [0, 0.1) is 0 Å². The maximum Gasteiger partial charge on any atom is 0.252 e. The van der Waals surface area contributed by atoms with Crippen molar-refractivity contribution in [3.8, 4) is 0 Å². The first-order valence-corrected chi connectivity index (χ1v) is 9.59. The van der Waals surface area contributed by atoms with E-state index in [0.717, 1.165) is 11.3 Å². The first-order valence-electron chi connectivity index (χ1n) is 7.60. The van der Waals surface area contributed by atoms with Gasteiger partial charge in [0.15, 0.2) is 0 Å². The number of halogens is 1. The summed E-state index contributed by atoms with van der Waals surface area (Å²) < 4.78 is 26.5. The fraction of sp³-hybridized carbons (Fsp3) is 0.235. The van der Waals surface area contributed by atoms with Crippen molar-refractivity contribution in [1.29, 1.82) is 0 Å². The highest BCUT2D eigenvalue weighted by molar-refractivity contribution is 7.92. The van der Waals surface area contributed by atoms with E-state index in [4.69, 9.17) is 11.6 Å². The summed E-state index contributed by atoms with van der Waals surface area (Å²) in [4.78, 5) is 12.1. The summed E-state index contributed by atoms with van der Waals surface area (Å²) in [7, 11) is -3.48. The number of carbonyl (C=O) groups is 1. The Balaban J connectivity index is 1.63. The Hall–Kier alpha value is -2.05. The Labute approximate surface area is 146 Å². The summed E-state index contributed by atoms with van der Waals surface area (Å²) in [5, 5.41) is 2.95. The molecule has 126 valence electrons. The lowest BCUT2D eigenvalue weighted by Gasteiger charge is -2.19.